The highest BCUT2D eigenvalue weighted by Gasteiger charge is 2.49. The average molecular weight is 1010 g/mol. The first-order valence-electron chi connectivity index (χ1n) is 23.6. The van der Waals surface area contributed by atoms with Crippen LogP contribution in [0.4, 0.5) is 23.5 Å². The number of hydrogen-bond acceptors (Lipinski definition) is 21. The van der Waals surface area contributed by atoms with Crippen LogP contribution in [0.5, 0.6) is 0 Å². The molecule has 6 heterocycles. The number of imidazole rings is 2. The number of ether oxygens (including phenoxy) is 3. The van der Waals surface area contributed by atoms with E-state index in [1.54, 1.807) is 13.8 Å². The molecule has 0 spiro atoms. The molecule has 0 unspecified atom stereocenters. The second kappa shape index (κ2) is 24.2. The number of aliphatic carboxylic acids is 1. The molecule has 6 aromatic rings. The number of amides is 2. The first-order chi connectivity index (χ1) is 35.1. The van der Waals surface area contributed by atoms with Crippen molar-refractivity contribution in [2.24, 2.45) is 0 Å². The summed E-state index contributed by atoms with van der Waals surface area (Å²) < 4.78 is 18.9. The number of aromatic nitrogens is 8. The number of carbonyl (C=O) groups is 4. The third kappa shape index (κ3) is 12.7. The molecule has 390 valence electrons. The largest absolute Gasteiger partial charge is 0.481 e. The highest BCUT2D eigenvalue weighted by molar-refractivity contribution is 5.85. The zero-order chi connectivity index (χ0) is 52.3. The Hall–Kier alpha value is -7.62. The molecule has 2 amide bonds. The lowest BCUT2D eigenvalue weighted by molar-refractivity contribution is -0.140. The normalized spacial score (nSPS) is 21.4. The Morgan fingerprint density at radius 3 is 1.36 bits per heavy atom. The third-order valence-corrected chi connectivity index (χ3v) is 12.1. The van der Waals surface area contributed by atoms with E-state index in [1.807, 2.05) is 48.5 Å². The fraction of sp³-hybridized carbons (Fsp3) is 0.447. The monoisotopic (exact) mass is 1010 g/mol. The number of nitrogens with one attached hydrogen (secondary N) is 4. The molecule has 26 heteroatoms. The Morgan fingerprint density at radius 1 is 0.603 bits per heavy atom. The number of aliphatic hydroxyl groups is 4. The van der Waals surface area contributed by atoms with Crippen LogP contribution in [-0.4, -0.2) is 158 Å². The topological polar surface area (TPSA) is 384 Å². The van der Waals surface area contributed by atoms with E-state index in [4.69, 9.17) is 26.0 Å². The Bertz CT molecular complexity index is 2870. The molecule has 2 aromatic carbocycles. The van der Waals surface area contributed by atoms with Gasteiger partial charge >= 0.3 is 11.9 Å². The maximum Gasteiger partial charge on any atom is 0.305 e. The number of benzene rings is 2. The smallest absolute Gasteiger partial charge is 0.305 e. The predicted molar refractivity (Wildman–Crippen MR) is 262 cm³/mol. The van der Waals surface area contributed by atoms with E-state index in [0.29, 0.717) is 69.3 Å². The Morgan fingerprint density at radius 2 is 0.986 bits per heavy atom. The third-order valence-electron chi connectivity index (χ3n) is 12.1. The van der Waals surface area contributed by atoms with Gasteiger partial charge in [0, 0.05) is 39.0 Å². The van der Waals surface area contributed by atoms with Gasteiger partial charge in [0.05, 0.1) is 19.8 Å². The number of carboxylic acids is 1. The average Bonchev–Trinajstić information content (AvgIpc) is 4.15. The molecule has 2 fully saturated rings. The number of anilines is 4. The number of hydrogen-bond donors (Lipinski definition) is 11. The van der Waals surface area contributed by atoms with Crippen molar-refractivity contribution in [1.29, 1.82) is 0 Å². The van der Waals surface area contributed by atoms with Crippen molar-refractivity contribution in [2.45, 2.75) is 101 Å². The van der Waals surface area contributed by atoms with Crippen molar-refractivity contribution in [2.75, 3.05) is 55.4 Å². The van der Waals surface area contributed by atoms with Crippen LogP contribution in [0.3, 0.4) is 0 Å². The predicted octanol–water partition coefficient (Wildman–Crippen LogP) is -0.240. The number of methoxy groups -OCH3 is 1. The van der Waals surface area contributed by atoms with Gasteiger partial charge in [0.15, 0.2) is 47.6 Å². The van der Waals surface area contributed by atoms with E-state index in [2.05, 4.69) is 55.9 Å². The molecule has 8 rings (SSSR count). The maximum absolute atomic E-state index is 12.2. The molecule has 2 aliphatic rings. The quantitative estimate of drug-likeness (QED) is 0.0440. The van der Waals surface area contributed by atoms with Crippen LogP contribution < -0.4 is 32.7 Å². The lowest BCUT2D eigenvalue weighted by Crippen LogP contribution is -2.42. The van der Waals surface area contributed by atoms with Crippen LogP contribution in [0.25, 0.3) is 22.3 Å². The van der Waals surface area contributed by atoms with E-state index >= 15 is 0 Å². The Labute approximate surface area is 417 Å². The van der Waals surface area contributed by atoms with Gasteiger partial charge in [-0.1, -0.05) is 48.5 Å². The Balaban J connectivity index is 0.000000214. The van der Waals surface area contributed by atoms with E-state index in [1.165, 1.54) is 28.9 Å². The summed E-state index contributed by atoms with van der Waals surface area (Å²) in [4.78, 5) is 72.3. The van der Waals surface area contributed by atoms with Crippen LogP contribution >= 0.6 is 0 Å². The second-order valence-electron chi connectivity index (χ2n) is 17.1. The van der Waals surface area contributed by atoms with E-state index in [-0.39, 0.29) is 47.2 Å². The summed E-state index contributed by atoms with van der Waals surface area (Å²) in [7, 11) is 1.38. The number of nitrogens with zero attached hydrogens (tertiary/aromatic N) is 8. The highest BCUT2D eigenvalue weighted by atomic mass is 16.6. The molecular formula is C47H60N14O12. The highest BCUT2D eigenvalue weighted by Crippen LogP contribution is 2.34. The molecule has 13 N–H and O–H groups in total. The zero-order valence-corrected chi connectivity index (χ0v) is 40.3. The van der Waals surface area contributed by atoms with Gasteiger partial charge in [0.25, 0.3) is 11.8 Å². The zero-order valence-electron chi connectivity index (χ0n) is 40.3. The molecular weight excluding hydrogens is 953 g/mol. The summed E-state index contributed by atoms with van der Waals surface area (Å²) in [6.45, 7) is 5.21. The van der Waals surface area contributed by atoms with Gasteiger partial charge in [0.2, 0.25) is 11.9 Å². The van der Waals surface area contributed by atoms with Crippen molar-refractivity contribution < 1.29 is 58.9 Å². The molecule has 4 aromatic heterocycles. The lowest BCUT2D eigenvalue weighted by atomic mass is 10.1. The minimum atomic E-state index is -1.42. The minimum absolute atomic E-state index is 0.0905. The number of carbonyl (C=O) groups excluding carboxylic acids is 3. The van der Waals surface area contributed by atoms with Crippen LogP contribution in [0.1, 0.15) is 61.4 Å². The standard InChI is InChI=1S/C24H31N7O6.C23H29N7O6/c1-3-26-22(35)19-17(33)18(34)23(37-19)31-12-28-16-20(25)29-24(30-21(16)31)27-11-10-14-6-4-13(5-7-14)8-9-15(32)36-2;1-2-25-21(35)18-16(33)17(34)22(36-18)30-11-27-15-19(24)28-23(29-20(15)30)26-10-9-13-5-3-12(4-6-13)7-8-14(31)32/h4-7,12,17-19,23,33-34H,3,8-11H2,1-2H3,(H,26,35)(H3,25,27,29,30);3-6,11,16-18,22,33-34H,2,7-10H2,1H3,(H,25,35)(H,31,32)(H3,24,26,28,29)/t17-,18+,19-,23+;16-,17+,18-,22+/m00/s1. The van der Waals surface area contributed by atoms with Gasteiger partial charge < -0.3 is 72.5 Å². The van der Waals surface area contributed by atoms with Gasteiger partial charge in [-0.15, -0.1) is 0 Å². The van der Waals surface area contributed by atoms with E-state index in [9.17, 15) is 39.6 Å². The fourth-order valence-electron chi connectivity index (χ4n) is 8.15. The lowest BCUT2D eigenvalue weighted by Gasteiger charge is -2.16. The summed E-state index contributed by atoms with van der Waals surface area (Å²) in [5, 5.41) is 62.0. The number of aryl methyl sites for hydroxylation is 2. The number of nitrogen functional groups attached to an aromatic ring is 2. The number of likely N-dealkylation sites (N-methyl/N-ethyl adjacent to an activating group) is 2. The first kappa shape index (κ1) is 53.2. The van der Waals surface area contributed by atoms with Crippen LogP contribution in [-0.2, 0) is 59.1 Å². The summed E-state index contributed by atoms with van der Waals surface area (Å²) in [6, 6.07) is 15.7. The number of nitrogens with two attached hydrogens (primary N) is 2. The minimum Gasteiger partial charge on any atom is -0.481 e. The van der Waals surface area contributed by atoms with Crippen LogP contribution in [0, 0.1) is 0 Å². The second-order valence-corrected chi connectivity index (χ2v) is 17.1. The van der Waals surface area contributed by atoms with Crippen molar-refractivity contribution in [1.82, 2.24) is 49.7 Å². The van der Waals surface area contributed by atoms with E-state index in [0.717, 1.165) is 22.3 Å². The van der Waals surface area contributed by atoms with Gasteiger partial charge in [-0.2, -0.15) is 19.9 Å². The van der Waals surface area contributed by atoms with Crippen molar-refractivity contribution in [3.05, 3.63) is 83.4 Å². The molecule has 8 atom stereocenters. The Kier molecular flexibility index (Phi) is 17.6. The van der Waals surface area contributed by atoms with E-state index < -0.39 is 66.9 Å². The van der Waals surface area contributed by atoms with Gasteiger partial charge in [0.1, 0.15) is 35.4 Å². The van der Waals surface area contributed by atoms with Gasteiger partial charge in [-0.3, -0.25) is 28.3 Å². The molecule has 2 aliphatic heterocycles. The summed E-state index contributed by atoms with van der Waals surface area (Å²) in [6.07, 6.45) is -4.67. The van der Waals surface area contributed by atoms with Crippen molar-refractivity contribution >= 4 is 69.6 Å². The summed E-state index contributed by atoms with van der Waals surface area (Å²) in [5.41, 5.74) is 17.5. The molecule has 0 aliphatic carbocycles. The molecule has 0 bridgehead atoms. The van der Waals surface area contributed by atoms with Gasteiger partial charge in [-0.05, 0) is 61.8 Å². The number of aliphatic hydroxyl groups excluding tert-OH is 4. The van der Waals surface area contributed by atoms with Gasteiger partial charge in [-0.25, -0.2) is 9.97 Å². The SMILES string of the molecule is CCNC(=O)[C@H]1O[C@@H](n2cnc3c(N)nc(NCCc4ccc(CCC(=O)O)cc4)nc32)[C@H](O)[C@@H]1O.CCNC(=O)[C@H]1O[C@@H](n2cnc3c(N)nc(NCCc4ccc(CCC(=O)OC)cc4)nc32)[C@H](O)[C@@H]1O. The maximum atomic E-state index is 12.2. The number of esters is 1. The van der Waals surface area contributed by atoms with Crippen molar-refractivity contribution in [3.63, 3.8) is 0 Å². The molecule has 2 saturated heterocycles. The molecule has 0 radical (unpaired) electrons. The van der Waals surface area contributed by atoms with Crippen LogP contribution in [0.15, 0.2) is 61.2 Å². The molecule has 73 heavy (non-hydrogen) atoms. The van der Waals surface area contributed by atoms with Crippen LogP contribution in [0.2, 0.25) is 0 Å². The fourth-order valence-corrected chi connectivity index (χ4v) is 8.15. The molecule has 26 nitrogen and oxygen atoms in total. The number of fused-ring (bicyclic) bond motifs is 2. The number of rotatable bonds is 20. The summed E-state index contributed by atoms with van der Waals surface area (Å²) >= 11 is 0. The number of carboxylic acid groups (broad SMARTS) is 1. The summed E-state index contributed by atoms with van der Waals surface area (Å²) in [5.74, 6) is -1.35. The van der Waals surface area contributed by atoms with Crippen molar-refractivity contribution in [3.8, 4) is 0 Å². The first-order valence-corrected chi connectivity index (χ1v) is 23.6. The molecule has 0 saturated carbocycles.